The predicted molar refractivity (Wildman–Crippen MR) is 73.0 cm³/mol. The van der Waals surface area contributed by atoms with E-state index < -0.39 is 12.1 Å². The van der Waals surface area contributed by atoms with Gasteiger partial charge >= 0.3 is 6.09 Å². The molecule has 20 heavy (non-hydrogen) atoms. The third-order valence-electron chi connectivity index (χ3n) is 3.43. The number of hydrogen-bond acceptors (Lipinski definition) is 4. The van der Waals surface area contributed by atoms with Crippen molar-refractivity contribution in [3.05, 3.63) is 0 Å². The maximum atomic E-state index is 12.4. The molecule has 0 bridgehead atoms. The SMILES string of the molecule is COC(=O)NC(C(=O)N1CCN(C(C)=O)CC1)C(C)C. The van der Waals surface area contributed by atoms with Gasteiger partial charge in [0.25, 0.3) is 0 Å². The van der Waals surface area contributed by atoms with Crippen LogP contribution in [0, 0.1) is 5.92 Å². The Morgan fingerprint density at radius 3 is 1.95 bits per heavy atom. The molecule has 0 aliphatic carbocycles. The number of alkyl carbamates (subject to hydrolysis) is 1. The van der Waals surface area contributed by atoms with Crippen molar-refractivity contribution in [2.75, 3.05) is 33.3 Å². The molecule has 1 aliphatic heterocycles. The summed E-state index contributed by atoms with van der Waals surface area (Å²) in [4.78, 5) is 38.4. The Bertz CT molecular complexity index is 376. The van der Waals surface area contributed by atoms with Gasteiger partial charge in [-0.25, -0.2) is 4.79 Å². The molecule has 1 saturated heterocycles. The van der Waals surface area contributed by atoms with Crippen molar-refractivity contribution in [1.82, 2.24) is 15.1 Å². The smallest absolute Gasteiger partial charge is 0.407 e. The molecule has 0 aromatic carbocycles. The molecule has 7 nitrogen and oxygen atoms in total. The van der Waals surface area contributed by atoms with Gasteiger partial charge in [0.1, 0.15) is 6.04 Å². The van der Waals surface area contributed by atoms with E-state index in [2.05, 4.69) is 10.1 Å². The van der Waals surface area contributed by atoms with Gasteiger partial charge in [-0.05, 0) is 5.92 Å². The average Bonchev–Trinajstić information content (AvgIpc) is 2.43. The first-order chi connectivity index (χ1) is 9.36. The number of nitrogens with zero attached hydrogens (tertiary/aromatic N) is 2. The number of carbonyl (C=O) groups excluding carboxylic acids is 3. The van der Waals surface area contributed by atoms with Crippen molar-refractivity contribution in [3.63, 3.8) is 0 Å². The molecular formula is C13H23N3O4. The zero-order valence-corrected chi connectivity index (χ0v) is 12.5. The van der Waals surface area contributed by atoms with Crippen LogP contribution < -0.4 is 5.32 Å². The van der Waals surface area contributed by atoms with E-state index >= 15 is 0 Å². The molecule has 0 aromatic rings. The highest BCUT2D eigenvalue weighted by atomic mass is 16.5. The highest BCUT2D eigenvalue weighted by Gasteiger charge is 2.31. The lowest BCUT2D eigenvalue weighted by molar-refractivity contribution is -0.140. The third-order valence-corrected chi connectivity index (χ3v) is 3.43. The minimum Gasteiger partial charge on any atom is -0.453 e. The highest BCUT2D eigenvalue weighted by molar-refractivity contribution is 5.86. The van der Waals surface area contributed by atoms with Crippen molar-refractivity contribution < 1.29 is 19.1 Å². The summed E-state index contributed by atoms with van der Waals surface area (Å²) < 4.78 is 4.54. The van der Waals surface area contributed by atoms with Crippen LogP contribution in [0.25, 0.3) is 0 Å². The average molecular weight is 285 g/mol. The first-order valence-electron chi connectivity index (χ1n) is 6.75. The Kier molecular flexibility index (Phi) is 5.79. The molecule has 1 unspecified atom stereocenters. The molecule has 0 spiro atoms. The number of nitrogens with one attached hydrogen (secondary N) is 1. The minimum absolute atomic E-state index is 0.0187. The van der Waals surface area contributed by atoms with E-state index in [0.717, 1.165) is 0 Å². The van der Waals surface area contributed by atoms with Crippen LogP contribution in [0.3, 0.4) is 0 Å². The molecule has 1 atom stereocenters. The van der Waals surface area contributed by atoms with Crippen LogP contribution in [0.15, 0.2) is 0 Å². The van der Waals surface area contributed by atoms with Gasteiger partial charge in [-0.2, -0.15) is 0 Å². The minimum atomic E-state index is -0.612. The lowest BCUT2D eigenvalue weighted by atomic mass is 10.0. The van der Waals surface area contributed by atoms with Crippen molar-refractivity contribution in [2.24, 2.45) is 5.92 Å². The van der Waals surface area contributed by atoms with E-state index in [1.54, 1.807) is 9.80 Å². The quantitative estimate of drug-likeness (QED) is 0.795. The molecule has 1 N–H and O–H groups in total. The standard InChI is InChI=1S/C13H23N3O4/c1-9(2)11(14-13(19)20-4)12(18)16-7-5-15(6-8-16)10(3)17/h9,11H,5-8H2,1-4H3,(H,14,19). The van der Waals surface area contributed by atoms with E-state index in [0.29, 0.717) is 26.2 Å². The molecule has 3 amide bonds. The summed E-state index contributed by atoms with van der Waals surface area (Å²) in [5.41, 5.74) is 0. The largest absolute Gasteiger partial charge is 0.453 e. The van der Waals surface area contributed by atoms with Crippen molar-refractivity contribution in [3.8, 4) is 0 Å². The lowest BCUT2D eigenvalue weighted by Gasteiger charge is -2.36. The number of rotatable bonds is 3. The Hall–Kier alpha value is -1.79. The van der Waals surface area contributed by atoms with Crippen molar-refractivity contribution in [1.29, 1.82) is 0 Å². The normalized spacial score (nSPS) is 16.9. The first kappa shape index (κ1) is 16.3. The van der Waals surface area contributed by atoms with Gasteiger partial charge in [-0.1, -0.05) is 13.8 Å². The number of amides is 3. The fourth-order valence-corrected chi connectivity index (χ4v) is 2.14. The molecule has 0 radical (unpaired) electrons. The summed E-state index contributed by atoms with van der Waals surface area (Å²) in [6.45, 7) is 7.30. The summed E-state index contributed by atoms with van der Waals surface area (Å²) >= 11 is 0. The molecule has 1 heterocycles. The fraction of sp³-hybridized carbons (Fsp3) is 0.769. The number of hydrogen-bond donors (Lipinski definition) is 1. The lowest BCUT2D eigenvalue weighted by Crippen LogP contribution is -2.56. The maximum Gasteiger partial charge on any atom is 0.407 e. The molecule has 1 fully saturated rings. The highest BCUT2D eigenvalue weighted by Crippen LogP contribution is 2.10. The van der Waals surface area contributed by atoms with Gasteiger partial charge in [0, 0.05) is 33.1 Å². The van der Waals surface area contributed by atoms with Crippen LogP contribution >= 0.6 is 0 Å². The van der Waals surface area contributed by atoms with E-state index in [4.69, 9.17) is 0 Å². The Labute approximate surface area is 119 Å². The summed E-state index contributed by atoms with van der Waals surface area (Å²) in [5, 5.41) is 2.56. The molecular weight excluding hydrogens is 262 g/mol. The molecule has 1 aliphatic rings. The van der Waals surface area contributed by atoms with E-state index in [9.17, 15) is 14.4 Å². The Morgan fingerprint density at radius 2 is 1.55 bits per heavy atom. The van der Waals surface area contributed by atoms with Crippen LogP contribution in [-0.2, 0) is 14.3 Å². The van der Waals surface area contributed by atoms with E-state index in [-0.39, 0.29) is 17.7 Å². The molecule has 1 rings (SSSR count). The zero-order chi connectivity index (χ0) is 15.3. The number of piperazine rings is 1. The molecule has 0 aromatic heterocycles. The van der Waals surface area contributed by atoms with Gasteiger partial charge in [0.05, 0.1) is 7.11 Å². The van der Waals surface area contributed by atoms with Crippen LogP contribution in [0.2, 0.25) is 0 Å². The number of carbonyl (C=O) groups is 3. The molecule has 114 valence electrons. The molecule has 0 saturated carbocycles. The van der Waals surface area contributed by atoms with Crippen LogP contribution in [0.1, 0.15) is 20.8 Å². The van der Waals surface area contributed by atoms with Gasteiger partial charge in [0.2, 0.25) is 11.8 Å². The van der Waals surface area contributed by atoms with Crippen LogP contribution in [0.5, 0.6) is 0 Å². The third kappa shape index (κ3) is 4.11. The summed E-state index contributed by atoms with van der Waals surface area (Å²) in [6.07, 6.45) is -0.612. The van der Waals surface area contributed by atoms with Gasteiger partial charge in [-0.3, -0.25) is 9.59 Å². The van der Waals surface area contributed by atoms with Gasteiger partial charge < -0.3 is 19.9 Å². The summed E-state index contributed by atoms with van der Waals surface area (Å²) in [7, 11) is 1.27. The Morgan fingerprint density at radius 1 is 1.05 bits per heavy atom. The second-order valence-electron chi connectivity index (χ2n) is 5.19. The van der Waals surface area contributed by atoms with Gasteiger partial charge in [-0.15, -0.1) is 0 Å². The van der Waals surface area contributed by atoms with Gasteiger partial charge in [0.15, 0.2) is 0 Å². The summed E-state index contributed by atoms with van der Waals surface area (Å²) in [5.74, 6) is -0.147. The second-order valence-corrected chi connectivity index (χ2v) is 5.19. The summed E-state index contributed by atoms with van der Waals surface area (Å²) in [6, 6.07) is -0.605. The first-order valence-corrected chi connectivity index (χ1v) is 6.75. The Balaban J connectivity index is 2.62. The van der Waals surface area contributed by atoms with Crippen LogP contribution in [-0.4, -0.2) is 67.0 Å². The molecule has 7 heteroatoms. The van der Waals surface area contributed by atoms with Crippen molar-refractivity contribution in [2.45, 2.75) is 26.8 Å². The number of methoxy groups -OCH3 is 1. The van der Waals surface area contributed by atoms with E-state index in [1.165, 1.54) is 14.0 Å². The fourth-order valence-electron chi connectivity index (χ4n) is 2.14. The second kappa shape index (κ2) is 7.12. The maximum absolute atomic E-state index is 12.4. The topological polar surface area (TPSA) is 79.0 Å². The monoisotopic (exact) mass is 285 g/mol. The zero-order valence-electron chi connectivity index (χ0n) is 12.5. The predicted octanol–water partition coefficient (Wildman–Crippen LogP) is 0.0577. The van der Waals surface area contributed by atoms with Crippen LogP contribution in [0.4, 0.5) is 4.79 Å². The van der Waals surface area contributed by atoms with Crippen molar-refractivity contribution >= 4 is 17.9 Å². The van der Waals surface area contributed by atoms with E-state index in [1.807, 2.05) is 13.8 Å². The number of ether oxygens (including phenoxy) is 1.